The number of aryl methyl sites for hydroxylation is 4. The summed E-state index contributed by atoms with van der Waals surface area (Å²) in [5.74, 6) is 0.956. The molecule has 6 heteroatoms. The summed E-state index contributed by atoms with van der Waals surface area (Å²) in [6, 6.07) is 4.19. The van der Waals surface area contributed by atoms with Gasteiger partial charge in [-0.15, -0.1) is 10.2 Å². The number of hydrogen-bond acceptors (Lipinski definition) is 5. The number of carbonyl (C=O) groups excluding carboxylic acids is 1. The lowest BCUT2D eigenvalue weighted by molar-refractivity contribution is -0.116. The van der Waals surface area contributed by atoms with Crippen LogP contribution in [0.5, 0.6) is 0 Å². The van der Waals surface area contributed by atoms with Gasteiger partial charge in [0.2, 0.25) is 5.91 Å². The average Bonchev–Trinajstić information content (AvgIpc) is 2.84. The summed E-state index contributed by atoms with van der Waals surface area (Å²) in [6.07, 6.45) is 1.36. The highest BCUT2D eigenvalue weighted by atomic mass is 32.2. The van der Waals surface area contributed by atoms with E-state index in [9.17, 15) is 4.79 Å². The number of carbonyl (C=O) groups is 1. The van der Waals surface area contributed by atoms with E-state index in [2.05, 4.69) is 34.6 Å². The molecule has 1 aromatic heterocycles. The first kappa shape index (κ1) is 17.0. The van der Waals surface area contributed by atoms with Gasteiger partial charge in [0.25, 0.3) is 0 Å². The smallest absolute Gasteiger partial charge is 0.224 e. The van der Waals surface area contributed by atoms with Crippen LogP contribution in [0, 0.1) is 27.7 Å². The van der Waals surface area contributed by atoms with Crippen LogP contribution in [0.3, 0.4) is 0 Å². The third kappa shape index (κ3) is 4.81. The number of thioether (sulfide) groups is 1. The second kappa shape index (κ2) is 7.74. The van der Waals surface area contributed by atoms with Crippen LogP contribution in [0.2, 0.25) is 0 Å². The lowest BCUT2D eigenvalue weighted by Gasteiger charge is -2.12. The van der Waals surface area contributed by atoms with Crippen LogP contribution in [0.15, 0.2) is 16.5 Å². The van der Waals surface area contributed by atoms with Crippen LogP contribution in [-0.2, 0) is 4.79 Å². The van der Waals surface area contributed by atoms with E-state index < -0.39 is 0 Å². The van der Waals surface area contributed by atoms with Gasteiger partial charge in [-0.2, -0.15) is 0 Å². The van der Waals surface area contributed by atoms with Gasteiger partial charge in [-0.05, 0) is 45.2 Å². The van der Waals surface area contributed by atoms with Gasteiger partial charge in [-0.1, -0.05) is 40.8 Å². The molecule has 0 spiro atoms. The summed E-state index contributed by atoms with van der Waals surface area (Å²) in [7, 11) is 0. The van der Waals surface area contributed by atoms with Crippen molar-refractivity contribution in [1.82, 2.24) is 10.2 Å². The first-order chi connectivity index (χ1) is 10.5. The molecule has 1 amide bonds. The minimum Gasteiger partial charge on any atom is -0.326 e. The van der Waals surface area contributed by atoms with Crippen LogP contribution in [0.1, 0.15) is 34.5 Å². The molecule has 1 aromatic carbocycles. The fraction of sp³-hybridized carbons (Fsp3) is 0.438. The number of hydrogen-bond donors (Lipinski definition) is 1. The highest BCUT2D eigenvalue weighted by Crippen LogP contribution is 2.24. The lowest BCUT2D eigenvalue weighted by atomic mass is 10.0. The molecule has 0 atom stereocenters. The van der Waals surface area contributed by atoms with Crippen molar-refractivity contribution < 1.29 is 4.79 Å². The first-order valence-corrected chi connectivity index (χ1v) is 9.06. The van der Waals surface area contributed by atoms with Gasteiger partial charge in [0.05, 0.1) is 0 Å². The second-order valence-electron chi connectivity index (χ2n) is 5.36. The zero-order chi connectivity index (χ0) is 16.1. The molecule has 0 saturated heterocycles. The molecule has 0 fully saturated rings. The van der Waals surface area contributed by atoms with Gasteiger partial charge in [-0.25, -0.2) is 0 Å². The molecule has 0 saturated carbocycles. The molecule has 2 aromatic rings. The highest BCUT2D eigenvalue weighted by molar-refractivity contribution is 8.01. The predicted molar refractivity (Wildman–Crippen MR) is 93.9 cm³/mol. The third-order valence-electron chi connectivity index (χ3n) is 3.22. The Balaban J connectivity index is 1.78. The Kier molecular flexibility index (Phi) is 5.97. The van der Waals surface area contributed by atoms with E-state index in [0.29, 0.717) is 6.42 Å². The van der Waals surface area contributed by atoms with Crippen LogP contribution in [0.25, 0.3) is 0 Å². The van der Waals surface area contributed by atoms with Crippen LogP contribution in [-0.4, -0.2) is 21.9 Å². The van der Waals surface area contributed by atoms with Gasteiger partial charge < -0.3 is 5.32 Å². The van der Waals surface area contributed by atoms with Crippen LogP contribution >= 0.6 is 23.1 Å². The minimum atomic E-state index is 0.0732. The monoisotopic (exact) mass is 335 g/mol. The van der Waals surface area contributed by atoms with Crippen molar-refractivity contribution >= 4 is 34.7 Å². The maximum Gasteiger partial charge on any atom is 0.224 e. The molecule has 0 aliphatic rings. The largest absolute Gasteiger partial charge is 0.326 e. The van der Waals surface area contributed by atoms with Gasteiger partial charge in [0.15, 0.2) is 4.34 Å². The van der Waals surface area contributed by atoms with Crippen molar-refractivity contribution in [3.8, 4) is 0 Å². The Bertz CT molecular complexity index is 644. The molecule has 0 aliphatic carbocycles. The maximum absolute atomic E-state index is 12.1. The highest BCUT2D eigenvalue weighted by Gasteiger charge is 2.08. The van der Waals surface area contributed by atoms with E-state index in [-0.39, 0.29) is 5.91 Å². The molecule has 4 nitrogen and oxygen atoms in total. The van der Waals surface area contributed by atoms with Crippen molar-refractivity contribution in [2.24, 2.45) is 0 Å². The van der Waals surface area contributed by atoms with Crippen molar-refractivity contribution in [2.75, 3.05) is 11.1 Å². The molecule has 0 bridgehead atoms. The Labute approximate surface area is 139 Å². The van der Waals surface area contributed by atoms with Crippen molar-refractivity contribution in [1.29, 1.82) is 0 Å². The van der Waals surface area contributed by atoms with Crippen LogP contribution in [0.4, 0.5) is 5.69 Å². The summed E-state index contributed by atoms with van der Waals surface area (Å²) in [6.45, 7) is 8.08. The van der Waals surface area contributed by atoms with E-state index in [4.69, 9.17) is 0 Å². The molecular formula is C16H21N3OS2. The van der Waals surface area contributed by atoms with Gasteiger partial charge >= 0.3 is 0 Å². The number of amides is 1. The molecule has 1 N–H and O–H groups in total. The Morgan fingerprint density at radius 2 is 1.86 bits per heavy atom. The number of nitrogens with zero attached hydrogens (tertiary/aromatic N) is 2. The number of nitrogens with one attached hydrogen (secondary N) is 1. The third-order valence-corrected chi connectivity index (χ3v) is 5.28. The van der Waals surface area contributed by atoms with Crippen LogP contribution < -0.4 is 5.32 Å². The van der Waals surface area contributed by atoms with Gasteiger partial charge in [0, 0.05) is 17.9 Å². The summed E-state index contributed by atoms with van der Waals surface area (Å²) in [4.78, 5) is 12.1. The summed E-state index contributed by atoms with van der Waals surface area (Å²) in [5.41, 5.74) is 4.40. The predicted octanol–water partition coefficient (Wildman–Crippen LogP) is 4.28. The topological polar surface area (TPSA) is 54.9 Å². The minimum absolute atomic E-state index is 0.0732. The normalized spacial score (nSPS) is 10.7. The number of benzene rings is 1. The fourth-order valence-corrected chi connectivity index (χ4v) is 4.13. The number of aromatic nitrogens is 2. The quantitative estimate of drug-likeness (QED) is 0.632. The molecular weight excluding hydrogens is 314 g/mol. The zero-order valence-electron chi connectivity index (χ0n) is 13.4. The molecule has 0 aliphatic heterocycles. The Hall–Kier alpha value is -1.40. The lowest BCUT2D eigenvalue weighted by Crippen LogP contribution is -2.13. The Morgan fingerprint density at radius 3 is 2.45 bits per heavy atom. The number of anilines is 1. The molecule has 0 radical (unpaired) electrons. The summed E-state index contributed by atoms with van der Waals surface area (Å²) >= 11 is 3.26. The summed E-state index contributed by atoms with van der Waals surface area (Å²) in [5, 5.41) is 12.1. The van der Waals surface area contributed by atoms with Crippen molar-refractivity contribution in [3.05, 3.63) is 33.8 Å². The Morgan fingerprint density at radius 1 is 1.18 bits per heavy atom. The number of rotatable bonds is 6. The van der Waals surface area contributed by atoms with E-state index >= 15 is 0 Å². The van der Waals surface area contributed by atoms with Gasteiger partial charge in [-0.3, -0.25) is 4.79 Å². The van der Waals surface area contributed by atoms with Gasteiger partial charge in [0.1, 0.15) is 5.01 Å². The SMILES string of the molecule is Cc1cc(C)c(NC(=O)CCCSc2nnc(C)s2)c(C)c1. The van der Waals surface area contributed by atoms with E-state index in [1.165, 1.54) is 5.56 Å². The fourth-order valence-electron chi connectivity index (χ4n) is 2.31. The molecule has 22 heavy (non-hydrogen) atoms. The molecule has 118 valence electrons. The first-order valence-electron chi connectivity index (χ1n) is 7.26. The average molecular weight is 335 g/mol. The zero-order valence-corrected chi connectivity index (χ0v) is 15.0. The van der Waals surface area contributed by atoms with Crippen molar-refractivity contribution in [3.63, 3.8) is 0 Å². The van der Waals surface area contributed by atoms with E-state index in [1.807, 2.05) is 20.8 Å². The molecule has 0 unspecified atom stereocenters. The molecule has 2 rings (SSSR count). The standard InChI is InChI=1S/C16H21N3OS2/c1-10-8-11(2)15(12(3)9-10)17-14(20)6-5-7-21-16-19-18-13(4)22-16/h8-9H,5-7H2,1-4H3,(H,17,20). The van der Waals surface area contributed by atoms with Crippen molar-refractivity contribution in [2.45, 2.75) is 44.9 Å². The maximum atomic E-state index is 12.1. The molecule has 1 heterocycles. The summed E-state index contributed by atoms with van der Waals surface area (Å²) < 4.78 is 0.975. The second-order valence-corrected chi connectivity index (χ2v) is 7.88. The van der Waals surface area contributed by atoms with E-state index in [1.54, 1.807) is 23.1 Å². The van der Waals surface area contributed by atoms with E-state index in [0.717, 1.165) is 38.3 Å².